The zero-order chi connectivity index (χ0) is 24.7. The van der Waals surface area contributed by atoms with Crippen molar-refractivity contribution >= 4 is 5.78 Å². The topological polar surface area (TPSA) is 26.3 Å². The molecule has 0 saturated heterocycles. The molecule has 4 aliphatic carbocycles. The SMILES string of the molecule is CCCCCC(C)[C@H]1CCC2C3CCC4C[C@@H](OCC(=O)C(C)(C)C)CC[C@]4(C)C3CC[C@@]21C. The maximum atomic E-state index is 12.4. The summed E-state index contributed by atoms with van der Waals surface area (Å²) >= 11 is 0. The van der Waals surface area contributed by atoms with Gasteiger partial charge in [-0.05, 0) is 104 Å². The van der Waals surface area contributed by atoms with E-state index in [1.165, 1.54) is 77.0 Å². The van der Waals surface area contributed by atoms with Crippen LogP contribution in [0.15, 0.2) is 0 Å². The van der Waals surface area contributed by atoms with Gasteiger partial charge in [0.05, 0.1) is 6.10 Å². The minimum Gasteiger partial charge on any atom is -0.370 e. The molecule has 4 saturated carbocycles. The van der Waals surface area contributed by atoms with E-state index in [0.29, 0.717) is 23.5 Å². The predicted molar refractivity (Wildman–Crippen MR) is 143 cm³/mol. The first-order valence-corrected chi connectivity index (χ1v) is 15.2. The molecular formula is C32H56O2. The van der Waals surface area contributed by atoms with Crippen molar-refractivity contribution in [3.63, 3.8) is 0 Å². The van der Waals surface area contributed by atoms with Gasteiger partial charge in [-0.1, -0.05) is 74.1 Å². The fourth-order valence-corrected chi connectivity index (χ4v) is 9.67. The largest absolute Gasteiger partial charge is 0.370 e. The lowest BCUT2D eigenvalue weighted by atomic mass is 9.44. The lowest BCUT2D eigenvalue weighted by molar-refractivity contribution is -0.146. The number of carbonyl (C=O) groups excluding carboxylic acids is 1. The third-order valence-electron chi connectivity index (χ3n) is 11.9. The van der Waals surface area contributed by atoms with Gasteiger partial charge in [0.2, 0.25) is 0 Å². The summed E-state index contributed by atoms with van der Waals surface area (Å²) in [5, 5.41) is 0. The molecule has 0 spiro atoms. The van der Waals surface area contributed by atoms with Crippen LogP contribution in [0, 0.1) is 51.8 Å². The number of ketones is 1. The summed E-state index contributed by atoms with van der Waals surface area (Å²) in [7, 11) is 0. The zero-order valence-corrected chi connectivity index (χ0v) is 23.8. The number of hydrogen-bond donors (Lipinski definition) is 0. The van der Waals surface area contributed by atoms with Crippen molar-refractivity contribution in [3.8, 4) is 0 Å². The molecule has 4 aliphatic rings. The highest BCUT2D eigenvalue weighted by Crippen LogP contribution is 2.68. The molecule has 4 rings (SSSR count). The molecule has 2 nitrogen and oxygen atoms in total. The molecule has 0 radical (unpaired) electrons. The molecule has 34 heavy (non-hydrogen) atoms. The van der Waals surface area contributed by atoms with Crippen LogP contribution >= 0.6 is 0 Å². The highest BCUT2D eigenvalue weighted by Gasteiger charge is 2.60. The quantitative estimate of drug-likeness (QED) is 0.330. The number of Topliss-reactive ketones (excluding diaryl/α,β-unsaturated/α-hetero) is 1. The van der Waals surface area contributed by atoms with E-state index in [4.69, 9.17) is 4.74 Å². The first-order chi connectivity index (χ1) is 16.0. The van der Waals surface area contributed by atoms with Gasteiger partial charge in [0.25, 0.3) is 0 Å². The highest BCUT2D eigenvalue weighted by molar-refractivity contribution is 5.84. The molecule has 0 aromatic carbocycles. The molecule has 0 aromatic rings. The third kappa shape index (κ3) is 4.92. The Morgan fingerprint density at radius 3 is 2.35 bits per heavy atom. The molecule has 0 bridgehead atoms. The van der Waals surface area contributed by atoms with Gasteiger partial charge >= 0.3 is 0 Å². The number of ether oxygens (including phenoxy) is 1. The van der Waals surface area contributed by atoms with Gasteiger partial charge in [0, 0.05) is 5.41 Å². The molecule has 0 amide bonds. The van der Waals surface area contributed by atoms with E-state index in [1.54, 1.807) is 0 Å². The minimum absolute atomic E-state index is 0.246. The van der Waals surface area contributed by atoms with Gasteiger partial charge in [-0.2, -0.15) is 0 Å². The Labute approximate surface area is 211 Å². The predicted octanol–water partition coefficient (Wildman–Crippen LogP) is 8.86. The average molecular weight is 473 g/mol. The lowest BCUT2D eigenvalue weighted by Crippen LogP contribution is -2.54. The second kappa shape index (κ2) is 10.2. The van der Waals surface area contributed by atoms with Crippen LogP contribution in [-0.2, 0) is 9.53 Å². The van der Waals surface area contributed by atoms with Crippen LogP contribution in [-0.4, -0.2) is 18.5 Å². The smallest absolute Gasteiger partial charge is 0.163 e. The molecule has 0 aromatic heterocycles. The van der Waals surface area contributed by atoms with Gasteiger partial charge in [0.1, 0.15) is 6.61 Å². The van der Waals surface area contributed by atoms with E-state index < -0.39 is 0 Å². The Balaban J connectivity index is 1.38. The van der Waals surface area contributed by atoms with Crippen LogP contribution in [0.1, 0.15) is 132 Å². The molecule has 0 aliphatic heterocycles. The second-order valence-corrected chi connectivity index (χ2v) is 14.7. The fourth-order valence-electron chi connectivity index (χ4n) is 9.67. The fraction of sp³-hybridized carbons (Fsp3) is 0.969. The van der Waals surface area contributed by atoms with Crippen LogP contribution in [0.2, 0.25) is 0 Å². The Kier molecular flexibility index (Phi) is 7.99. The standard InChI is InChI=1S/C32H56O2/c1-8-9-10-11-22(2)26-14-15-27-25-13-12-23-20-24(34-21-29(33)30(3,4)5)16-18-31(23,6)28(25)17-19-32(26,27)7/h22-28H,8-21H2,1-7H3/t22?,23?,24-,25?,26+,27?,28?,31-,32+/m0/s1. The van der Waals surface area contributed by atoms with Crippen LogP contribution in [0.4, 0.5) is 0 Å². The van der Waals surface area contributed by atoms with Crippen molar-refractivity contribution in [1.82, 2.24) is 0 Å². The highest BCUT2D eigenvalue weighted by atomic mass is 16.5. The summed E-state index contributed by atoms with van der Waals surface area (Å²) in [5.74, 6) is 5.78. The van der Waals surface area contributed by atoms with E-state index in [1.807, 2.05) is 20.8 Å². The maximum absolute atomic E-state index is 12.4. The van der Waals surface area contributed by atoms with Gasteiger partial charge in [-0.15, -0.1) is 0 Å². The summed E-state index contributed by atoms with van der Waals surface area (Å²) in [6.07, 6.45) is 18.4. The Morgan fingerprint density at radius 2 is 1.65 bits per heavy atom. The number of carbonyl (C=O) groups is 1. The molecule has 5 unspecified atom stereocenters. The van der Waals surface area contributed by atoms with Crippen molar-refractivity contribution in [3.05, 3.63) is 0 Å². The van der Waals surface area contributed by atoms with Crippen molar-refractivity contribution in [2.45, 2.75) is 138 Å². The number of unbranched alkanes of at least 4 members (excludes halogenated alkanes) is 2. The average Bonchev–Trinajstić information content (AvgIpc) is 3.14. The van der Waals surface area contributed by atoms with Gasteiger partial charge in [-0.25, -0.2) is 0 Å². The number of fused-ring (bicyclic) bond motifs is 5. The maximum Gasteiger partial charge on any atom is 0.163 e. The summed E-state index contributed by atoms with van der Waals surface area (Å²) in [4.78, 5) is 12.4. The number of rotatable bonds is 8. The van der Waals surface area contributed by atoms with Gasteiger partial charge < -0.3 is 4.74 Å². The van der Waals surface area contributed by atoms with Crippen LogP contribution in [0.5, 0.6) is 0 Å². The van der Waals surface area contributed by atoms with Crippen LogP contribution in [0.3, 0.4) is 0 Å². The van der Waals surface area contributed by atoms with E-state index in [2.05, 4.69) is 27.7 Å². The first-order valence-electron chi connectivity index (χ1n) is 15.2. The molecule has 4 fully saturated rings. The molecule has 196 valence electrons. The van der Waals surface area contributed by atoms with E-state index >= 15 is 0 Å². The van der Waals surface area contributed by atoms with Crippen molar-refractivity contribution < 1.29 is 9.53 Å². The van der Waals surface area contributed by atoms with Gasteiger partial charge in [0.15, 0.2) is 5.78 Å². The normalized spacial score (nSPS) is 43.0. The van der Waals surface area contributed by atoms with E-state index in [9.17, 15) is 4.79 Å². The molecular weight excluding hydrogens is 416 g/mol. The Morgan fingerprint density at radius 1 is 0.941 bits per heavy atom. The summed E-state index contributed by atoms with van der Waals surface area (Å²) < 4.78 is 6.22. The Hall–Kier alpha value is -0.370. The minimum atomic E-state index is -0.289. The Bertz CT molecular complexity index is 706. The second-order valence-electron chi connectivity index (χ2n) is 14.7. The monoisotopic (exact) mass is 472 g/mol. The lowest BCUT2D eigenvalue weighted by Gasteiger charge is -2.61. The summed E-state index contributed by atoms with van der Waals surface area (Å²) in [6, 6.07) is 0. The van der Waals surface area contributed by atoms with Crippen molar-refractivity contribution in [1.29, 1.82) is 0 Å². The van der Waals surface area contributed by atoms with Crippen molar-refractivity contribution in [2.24, 2.45) is 51.8 Å². The molecule has 0 heterocycles. The van der Waals surface area contributed by atoms with Crippen molar-refractivity contribution in [2.75, 3.05) is 6.61 Å². The van der Waals surface area contributed by atoms with E-state index in [-0.39, 0.29) is 11.2 Å². The molecule has 0 N–H and O–H groups in total. The van der Waals surface area contributed by atoms with Crippen LogP contribution in [0.25, 0.3) is 0 Å². The van der Waals surface area contributed by atoms with Crippen LogP contribution < -0.4 is 0 Å². The summed E-state index contributed by atoms with van der Waals surface area (Å²) in [5.41, 5.74) is 0.815. The molecule has 2 heteroatoms. The summed E-state index contributed by atoms with van der Waals surface area (Å²) in [6.45, 7) is 16.6. The first kappa shape index (κ1) is 26.7. The third-order valence-corrected chi connectivity index (χ3v) is 11.9. The zero-order valence-electron chi connectivity index (χ0n) is 23.8. The molecule has 9 atom stereocenters. The number of hydrogen-bond acceptors (Lipinski definition) is 2. The van der Waals surface area contributed by atoms with Gasteiger partial charge in [-0.3, -0.25) is 4.79 Å². The van der Waals surface area contributed by atoms with E-state index in [0.717, 1.165) is 41.9 Å².